The van der Waals surface area contributed by atoms with E-state index in [2.05, 4.69) is 5.32 Å². The van der Waals surface area contributed by atoms with Crippen LogP contribution in [-0.4, -0.2) is 36.2 Å². The number of likely N-dealkylation sites (N-methyl/N-ethyl adjacent to an activating group) is 1. The molecule has 0 saturated carbocycles. The number of anilines is 1. The molecule has 0 amide bonds. The van der Waals surface area contributed by atoms with E-state index in [1.807, 2.05) is 11.8 Å². The van der Waals surface area contributed by atoms with Crippen LogP contribution < -0.4 is 10.2 Å². The molecule has 0 aliphatic carbocycles. The van der Waals surface area contributed by atoms with Crippen molar-refractivity contribution >= 4 is 11.7 Å². The van der Waals surface area contributed by atoms with Gasteiger partial charge in [-0.25, -0.2) is 4.39 Å². The Labute approximate surface area is 112 Å². The van der Waals surface area contributed by atoms with Crippen molar-refractivity contribution in [2.45, 2.75) is 25.8 Å². The van der Waals surface area contributed by atoms with Gasteiger partial charge in [-0.2, -0.15) is 0 Å². The predicted molar refractivity (Wildman–Crippen MR) is 72.0 cm³/mol. The fraction of sp³-hybridized carbons (Fsp3) is 0.500. The number of hydrogen-bond acceptors (Lipinski definition) is 3. The van der Waals surface area contributed by atoms with Crippen molar-refractivity contribution in [3.05, 3.63) is 29.6 Å². The highest BCUT2D eigenvalue weighted by molar-refractivity contribution is 5.79. The highest BCUT2D eigenvalue weighted by Gasteiger charge is 2.36. The van der Waals surface area contributed by atoms with Crippen molar-refractivity contribution in [3.63, 3.8) is 0 Å². The molecule has 1 atom stereocenters. The molecule has 1 unspecified atom stereocenters. The minimum atomic E-state index is -1.03. The van der Waals surface area contributed by atoms with Gasteiger partial charge in [0.1, 0.15) is 11.4 Å². The van der Waals surface area contributed by atoms with Crippen molar-refractivity contribution in [2.75, 3.05) is 24.5 Å². The zero-order valence-electron chi connectivity index (χ0n) is 11.2. The van der Waals surface area contributed by atoms with Crippen LogP contribution in [0.3, 0.4) is 0 Å². The molecule has 1 aromatic carbocycles. The Morgan fingerprint density at radius 1 is 1.58 bits per heavy atom. The fourth-order valence-electron chi connectivity index (χ4n) is 2.55. The minimum absolute atomic E-state index is 0.286. The van der Waals surface area contributed by atoms with Gasteiger partial charge in [-0.1, -0.05) is 13.0 Å². The molecule has 0 radical (unpaired) electrons. The number of rotatable bonds is 5. The van der Waals surface area contributed by atoms with Gasteiger partial charge in [0.15, 0.2) is 0 Å². The molecule has 104 valence electrons. The van der Waals surface area contributed by atoms with Gasteiger partial charge in [-0.15, -0.1) is 0 Å². The third-order valence-electron chi connectivity index (χ3n) is 3.59. The molecular formula is C14H19FN2O2. The van der Waals surface area contributed by atoms with Crippen molar-refractivity contribution in [1.29, 1.82) is 0 Å². The molecular weight excluding hydrogens is 247 g/mol. The summed E-state index contributed by atoms with van der Waals surface area (Å²) < 4.78 is 13.3. The van der Waals surface area contributed by atoms with E-state index in [1.54, 1.807) is 13.0 Å². The third-order valence-corrected chi connectivity index (χ3v) is 3.59. The summed E-state index contributed by atoms with van der Waals surface area (Å²) in [7, 11) is 0. The lowest BCUT2D eigenvalue weighted by Crippen LogP contribution is -2.56. The van der Waals surface area contributed by atoms with Gasteiger partial charge < -0.3 is 15.3 Å². The molecule has 1 heterocycles. The quantitative estimate of drug-likeness (QED) is 0.850. The predicted octanol–water partition coefficient (Wildman–Crippen LogP) is 1.64. The maximum absolute atomic E-state index is 13.3. The number of carbonyl (C=O) groups is 1. The van der Waals surface area contributed by atoms with E-state index in [0.717, 1.165) is 24.2 Å². The molecule has 0 bridgehead atoms. The number of fused-ring (bicyclic) bond motifs is 1. The molecule has 2 N–H and O–H groups in total. The van der Waals surface area contributed by atoms with Crippen molar-refractivity contribution in [3.8, 4) is 0 Å². The van der Waals surface area contributed by atoms with E-state index >= 15 is 0 Å². The van der Waals surface area contributed by atoms with Crippen LogP contribution in [-0.2, 0) is 11.2 Å². The Hall–Kier alpha value is -1.62. The highest BCUT2D eigenvalue weighted by atomic mass is 19.1. The van der Waals surface area contributed by atoms with Gasteiger partial charge in [0.25, 0.3) is 0 Å². The second kappa shape index (κ2) is 5.17. The molecule has 1 aliphatic rings. The zero-order valence-corrected chi connectivity index (χ0v) is 11.2. The van der Waals surface area contributed by atoms with Crippen LogP contribution in [0.25, 0.3) is 0 Å². The van der Waals surface area contributed by atoms with Crippen LogP contribution in [0.1, 0.15) is 19.4 Å². The summed E-state index contributed by atoms with van der Waals surface area (Å²) in [6.45, 7) is 5.17. The van der Waals surface area contributed by atoms with E-state index in [9.17, 15) is 14.3 Å². The normalized spacial score (nSPS) is 17.1. The Bertz CT molecular complexity index is 492. The summed E-state index contributed by atoms with van der Waals surface area (Å²) in [5.41, 5.74) is 0.860. The highest BCUT2D eigenvalue weighted by Crippen LogP contribution is 2.29. The van der Waals surface area contributed by atoms with Gasteiger partial charge in [0.05, 0.1) is 0 Å². The molecule has 19 heavy (non-hydrogen) atoms. The molecule has 1 aromatic rings. The molecule has 5 heteroatoms. The smallest absolute Gasteiger partial charge is 0.325 e. The number of hydrogen-bond donors (Lipinski definition) is 2. The van der Waals surface area contributed by atoms with Crippen LogP contribution in [0.15, 0.2) is 18.2 Å². The first-order chi connectivity index (χ1) is 8.96. The first kappa shape index (κ1) is 13.8. The Balaban J connectivity index is 2.22. The summed E-state index contributed by atoms with van der Waals surface area (Å²) in [5, 5.41) is 12.4. The number of benzene rings is 1. The Morgan fingerprint density at radius 2 is 2.32 bits per heavy atom. The summed E-state index contributed by atoms with van der Waals surface area (Å²) in [5.74, 6) is -1.18. The zero-order chi connectivity index (χ0) is 14.0. The summed E-state index contributed by atoms with van der Waals surface area (Å²) in [6.07, 6.45) is 0.831. The standard InChI is InChI=1S/C14H19FN2O2/c1-3-16-14(2,13(18)19)9-17-7-6-10-4-5-11(15)8-12(10)17/h4-5,8,16H,3,6-7,9H2,1-2H3,(H,18,19). The van der Waals surface area contributed by atoms with Crippen LogP contribution >= 0.6 is 0 Å². The van der Waals surface area contributed by atoms with E-state index in [4.69, 9.17) is 0 Å². The number of carboxylic acid groups (broad SMARTS) is 1. The van der Waals surface area contributed by atoms with Gasteiger partial charge in [-0.05, 0) is 37.6 Å². The first-order valence-corrected chi connectivity index (χ1v) is 6.48. The van der Waals surface area contributed by atoms with E-state index in [0.29, 0.717) is 13.1 Å². The van der Waals surface area contributed by atoms with Crippen molar-refractivity contribution < 1.29 is 14.3 Å². The van der Waals surface area contributed by atoms with Crippen LogP contribution in [0.2, 0.25) is 0 Å². The summed E-state index contributed by atoms with van der Waals surface area (Å²) in [4.78, 5) is 13.4. The molecule has 2 rings (SSSR count). The number of nitrogens with zero attached hydrogens (tertiary/aromatic N) is 1. The summed E-state index contributed by atoms with van der Waals surface area (Å²) in [6, 6.07) is 4.70. The second-order valence-electron chi connectivity index (χ2n) is 5.11. The van der Waals surface area contributed by atoms with Gasteiger partial charge in [-0.3, -0.25) is 4.79 Å². The Morgan fingerprint density at radius 3 is 2.95 bits per heavy atom. The third kappa shape index (κ3) is 2.71. The average molecular weight is 266 g/mol. The molecule has 0 aromatic heterocycles. The van der Waals surface area contributed by atoms with Crippen LogP contribution in [0, 0.1) is 5.82 Å². The topological polar surface area (TPSA) is 52.6 Å². The van der Waals surface area contributed by atoms with Gasteiger partial charge in [0.2, 0.25) is 0 Å². The molecule has 0 fully saturated rings. The van der Waals surface area contributed by atoms with Gasteiger partial charge >= 0.3 is 5.97 Å². The second-order valence-corrected chi connectivity index (χ2v) is 5.11. The van der Waals surface area contributed by atoms with E-state index in [-0.39, 0.29) is 5.82 Å². The molecule has 0 saturated heterocycles. The minimum Gasteiger partial charge on any atom is -0.480 e. The van der Waals surface area contributed by atoms with Crippen molar-refractivity contribution in [2.24, 2.45) is 0 Å². The Kier molecular flexibility index (Phi) is 3.75. The average Bonchev–Trinajstić information content (AvgIpc) is 2.72. The van der Waals surface area contributed by atoms with E-state index < -0.39 is 11.5 Å². The molecule has 0 spiro atoms. The number of nitrogens with one attached hydrogen (secondary N) is 1. The first-order valence-electron chi connectivity index (χ1n) is 6.48. The number of carboxylic acids is 1. The summed E-state index contributed by atoms with van der Waals surface area (Å²) >= 11 is 0. The fourth-order valence-corrected chi connectivity index (χ4v) is 2.55. The lowest BCUT2D eigenvalue weighted by Gasteiger charge is -2.32. The monoisotopic (exact) mass is 266 g/mol. The lowest BCUT2D eigenvalue weighted by molar-refractivity contribution is -0.143. The molecule has 1 aliphatic heterocycles. The maximum atomic E-state index is 13.3. The SMILES string of the molecule is CCNC(C)(CN1CCc2ccc(F)cc21)C(=O)O. The van der Waals surface area contributed by atoms with Crippen molar-refractivity contribution in [1.82, 2.24) is 5.32 Å². The number of aliphatic carboxylic acids is 1. The van der Waals surface area contributed by atoms with Crippen LogP contribution in [0.5, 0.6) is 0 Å². The maximum Gasteiger partial charge on any atom is 0.325 e. The van der Waals surface area contributed by atoms with E-state index in [1.165, 1.54) is 12.1 Å². The number of halogens is 1. The lowest BCUT2D eigenvalue weighted by atomic mass is 10.0. The van der Waals surface area contributed by atoms with Crippen LogP contribution in [0.4, 0.5) is 10.1 Å². The molecule has 4 nitrogen and oxygen atoms in total. The largest absolute Gasteiger partial charge is 0.480 e. The van der Waals surface area contributed by atoms with Gasteiger partial charge in [0, 0.05) is 18.8 Å².